The van der Waals surface area contributed by atoms with Gasteiger partial charge < -0.3 is 20.1 Å². The van der Waals surface area contributed by atoms with E-state index in [1.807, 2.05) is 26.0 Å². The zero-order valence-electron chi connectivity index (χ0n) is 11.6. The first-order chi connectivity index (χ1) is 9.08. The minimum atomic E-state index is -0.119. The number of urea groups is 1. The fourth-order valence-electron chi connectivity index (χ4n) is 2.49. The molecule has 1 aliphatic heterocycles. The molecule has 1 fully saturated rings. The highest BCUT2D eigenvalue weighted by atomic mass is 16.5. The quantitative estimate of drug-likeness (QED) is 0.863. The molecule has 104 valence electrons. The molecule has 0 aromatic heterocycles. The van der Waals surface area contributed by atoms with E-state index in [0.29, 0.717) is 13.1 Å². The number of nitrogens with one attached hydrogen (secondary N) is 1. The molecule has 1 saturated heterocycles. The Morgan fingerprint density at radius 3 is 2.79 bits per heavy atom. The molecule has 0 aliphatic carbocycles. The maximum absolute atomic E-state index is 11.7. The number of hydrogen-bond donors (Lipinski definition) is 2. The number of amides is 2. The Bertz CT molecular complexity index is 488. The van der Waals surface area contributed by atoms with Crippen molar-refractivity contribution in [1.29, 1.82) is 0 Å². The number of aliphatic hydroxyl groups excluding tert-OH is 1. The van der Waals surface area contributed by atoms with Crippen LogP contribution in [-0.4, -0.2) is 42.8 Å². The molecule has 1 aromatic carbocycles. The Morgan fingerprint density at radius 2 is 2.16 bits per heavy atom. The maximum Gasteiger partial charge on any atom is 0.318 e. The number of nitrogens with zero attached hydrogens (tertiary/aromatic N) is 1. The van der Waals surface area contributed by atoms with Crippen LogP contribution in [0, 0.1) is 13.8 Å². The summed E-state index contributed by atoms with van der Waals surface area (Å²) in [7, 11) is 1.65. The van der Waals surface area contributed by atoms with E-state index in [1.54, 1.807) is 12.0 Å². The van der Waals surface area contributed by atoms with Gasteiger partial charge in [-0.15, -0.1) is 0 Å². The molecular weight excluding hydrogens is 244 g/mol. The van der Waals surface area contributed by atoms with Crippen LogP contribution in [-0.2, 0) is 0 Å². The molecule has 2 N–H and O–H groups in total. The average molecular weight is 264 g/mol. The van der Waals surface area contributed by atoms with Gasteiger partial charge in [0, 0.05) is 13.1 Å². The van der Waals surface area contributed by atoms with Crippen molar-refractivity contribution in [1.82, 2.24) is 10.2 Å². The van der Waals surface area contributed by atoms with Crippen molar-refractivity contribution in [2.75, 3.05) is 26.8 Å². The van der Waals surface area contributed by atoms with E-state index in [4.69, 9.17) is 9.84 Å². The van der Waals surface area contributed by atoms with Gasteiger partial charge in [-0.05, 0) is 36.6 Å². The molecule has 1 aromatic rings. The van der Waals surface area contributed by atoms with E-state index >= 15 is 0 Å². The normalized spacial score (nSPS) is 18.6. The van der Waals surface area contributed by atoms with Gasteiger partial charge in [-0.1, -0.05) is 6.07 Å². The lowest BCUT2D eigenvalue weighted by molar-refractivity contribution is 0.196. The predicted molar refractivity (Wildman–Crippen MR) is 72.4 cm³/mol. The first kappa shape index (κ1) is 13.7. The second-order valence-electron chi connectivity index (χ2n) is 4.78. The number of ether oxygens (including phenoxy) is 1. The molecule has 5 nitrogen and oxygen atoms in total. The van der Waals surface area contributed by atoms with Crippen molar-refractivity contribution in [3.63, 3.8) is 0 Å². The van der Waals surface area contributed by atoms with Crippen LogP contribution in [0.15, 0.2) is 12.1 Å². The molecule has 0 saturated carbocycles. The van der Waals surface area contributed by atoms with Crippen LogP contribution in [0.2, 0.25) is 0 Å². The molecule has 1 heterocycles. The minimum Gasteiger partial charge on any atom is -0.496 e. The van der Waals surface area contributed by atoms with Crippen molar-refractivity contribution in [2.45, 2.75) is 19.9 Å². The molecule has 5 heteroatoms. The number of hydrogen-bond acceptors (Lipinski definition) is 3. The smallest absolute Gasteiger partial charge is 0.318 e. The van der Waals surface area contributed by atoms with Crippen LogP contribution in [0.25, 0.3) is 0 Å². The summed E-state index contributed by atoms with van der Waals surface area (Å²) >= 11 is 0. The monoisotopic (exact) mass is 264 g/mol. The Hall–Kier alpha value is -1.75. The van der Waals surface area contributed by atoms with Gasteiger partial charge in [0.1, 0.15) is 5.75 Å². The van der Waals surface area contributed by atoms with Gasteiger partial charge >= 0.3 is 6.03 Å². The molecule has 1 aliphatic rings. The summed E-state index contributed by atoms with van der Waals surface area (Å²) in [6.45, 7) is 5.00. The van der Waals surface area contributed by atoms with E-state index < -0.39 is 0 Å². The lowest BCUT2D eigenvalue weighted by Gasteiger charge is -2.17. The maximum atomic E-state index is 11.7. The number of rotatable bonds is 4. The van der Waals surface area contributed by atoms with Gasteiger partial charge in [0.25, 0.3) is 0 Å². The zero-order chi connectivity index (χ0) is 14.0. The molecule has 1 unspecified atom stereocenters. The largest absolute Gasteiger partial charge is 0.496 e. The molecule has 19 heavy (non-hydrogen) atoms. The third kappa shape index (κ3) is 2.51. The summed E-state index contributed by atoms with van der Waals surface area (Å²) in [5.41, 5.74) is 3.33. The number of methoxy groups -OCH3 is 1. The second-order valence-corrected chi connectivity index (χ2v) is 4.78. The van der Waals surface area contributed by atoms with Gasteiger partial charge in [0.2, 0.25) is 0 Å². The highest BCUT2D eigenvalue weighted by Gasteiger charge is 2.30. The summed E-state index contributed by atoms with van der Waals surface area (Å²) in [6, 6.07) is 3.78. The summed E-state index contributed by atoms with van der Waals surface area (Å²) < 4.78 is 5.29. The Kier molecular flexibility index (Phi) is 3.95. The van der Waals surface area contributed by atoms with Gasteiger partial charge in [-0.3, -0.25) is 0 Å². The van der Waals surface area contributed by atoms with E-state index in [2.05, 4.69) is 5.32 Å². The summed E-state index contributed by atoms with van der Waals surface area (Å²) in [6.07, 6.45) is 0. The fraction of sp³-hybridized carbons (Fsp3) is 0.500. The molecule has 0 radical (unpaired) electrons. The van der Waals surface area contributed by atoms with Crippen molar-refractivity contribution < 1.29 is 14.6 Å². The van der Waals surface area contributed by atoms with Gasteiger partial charge in [-0.25, -0.2) is 4.79 Å². The van der Waals surface area contributed by atoms with E-state index in [1.165, 1.54) is 0 Å². The van der Waals surface area contributed by atoms with Crippen LogP contribution in [0.3, 0.4) is 0 Å². The highest BCUT2D eigenvalue weighted by Crippen LogP contribution is 2.29. The minimum absolute atomic E-state index is 0.0131. The van der Waals surface area contributed by atoms with E-state index in [0.717, 1.165) is 22.4 Å². The van der Waals surface area contributed by atoms with Crippen LogP contribution in [0.1, 0.15) is 22.7 Å². The number of aliphatic hydroxyl groups is 1. The summed E-state index contributed by atoms with van der Waals surface area (Å²) in [5.74, 6) is 0.859. The number of carbonyl (C=O) groups is 1. The summed E-state index contributed by atoms with van der Waals surface area (Å²) in [5, 5.41) is 11.9. The van der Waals surface area contributed by atoms with Gasteiger partial charge in [-0.2, -0.15) is 0 Å². The molecular formula is C14H20N2O3. The van der Waals surface area contributed by atoms with Crippen molar-refractivity contribution in [3.8, 4) is 5.75 Å². The Morgan fingerprint density at radius 1 is 1.42 bits per heavy atom. The van der Waals surface area contributed by atoms with Crippen molar-refractivity contribution >= 4 is 6.03 Å². The van der Waals surface area contributed by atoms with Crippen molar-refractivity contribution in [2.24, 2.45) is 0 Å². The Labute approximate surface area is 113 Å². The van der Waals surface area contributed by atoms with Crippen LogP contribution in [0.4, 0.5) is 4.79 Å². The zero-order valence-corrected chi connectivity index (χ0v) is 11.6. The third-order valence-corrected chi connectivity index (χ3v) is 3.73. The van der Waals surface area contributed by atoms with Crippen LogP contribution < -0.4 is 10.1 Å². The molecule has 1 atom stereocenters. The van der Waals surface area contributed by atoms with Gasteiger partial charge in [0.05, 0.1) is 19.8 Å². The second kappa shape index (κ2) is 5.48. The molecule has 2 amide bonds. The first-order valence-corrected chi connectivity index (χ1v) is 6.39. The molecule has 0 bridgehead atoms. The Balaban J connectivity index is 2.24. The van der Waals surface area contributed by atoms with Crippen molar-refractivity contribution in [3.05, 3.63) is 28.8 Å². The predicted octanol–water partition coefficient (Wildman–Crippen LogP) is 1.37. The highest BCUT2D eigenvalue weighted by molar-refractivity contribution is 5.77. The lowest BCUT2D eigenvalue weighted by Crippen LogP contribution is -2.30. The number of benzene rings is 1. The SMILES string of the molecule is COc1ccc(C2CN(CCO)C(=O)N2)c(C)c1C. The fourth-order valence-corrected chi connectivity index (χ4v) is 2.49. The number of β-amino-alcohol motifs (C(OH)–C–C–N with tert-alkyl or cyclic N) is 1. The topological polar surface area (TPSA) is 61.8 Å². The molecule has 0 spiro atoms. The number of carbonyl (C=O) groups excluding carboxylic acids is 1. The standard InChI is InChI=1S/C14H20N2O3/c1-9-10(2)13(19-3)5-4-11(9)12-8-16(6-7-17)14(18)15-12/h4-5,12,17H,6-8H2,1-3H3,(H,15,18). The molecule has 2 rings (SSSR count). The van der Waals surface area contributed by atoms with Crippen LogP contribution >= 0.6 is 0 Å². The first-order valence-electron chi connectivity index (χ1n) is 6.39. The average Bonchev–Trinajstić information content (AvgIpc) is 2.74. The van der Waals surface area contributed by atoms with Crippen LogP contribution in [0.5, 0.6) is 5.75 Å². The van der Waals surface area contributed by atoms with E-state index in [9.17, 15) is 4.79 Å². The lowest BCUT2D eigenvalue weighted by atomic mass is 9.97. The summed E-state index contributed by atoms with van der Waals surface area (Å²) in [4.78, 5) is 13.4. The third-order valence-electron chi connectivity index (χ3n) is 3.73. The van der Waals surface area contributed by atoms with E-state index in [-0.39, 0.29) is 18.7 Å². The van der Waals surface area contributed by atoms with Gasteiger partial charge in [0.15, 0.2) is 0 Å².